The van der Waals surface area contributed by atoms with Gasteiger partial charge in [0.2, 0.25) is 0 Å². The molecule has 0 aliphatic carbocycles. The first-order chi connectivity index (χ1) is 7.24. The van der Waals surface area contributed by atoms with Crippen molar-refractivity contribution in [2.75, 3.05) is 5.75 Å². The van der Waals surface area contributed by atoms with Crippen molar-refractivity contribution in [2.45, 2.75) is 36.4 Å². The van der Waals surface area contributed by atoms with Gasteiger partial charge in [0.15, 0.2) is 0 Å². The van der Waals surface area contributed by atoms with Gasteiger partial charge in [-0.05, 0) is 36.6 Å². The van der Waals surface area contributed by atoms with Gasteiger partial charge in [-0.3, -0.25) is 0 Å². The molecule has 0 spiro atoms. The lowest BCUT2D eigenvalue weighted by Crippen LogP contribution is -2.10. The van der Waals surface area contributed by atoms with E-state index in [1.54, 1.807) is 0 Å². The lowest BCUT2D eigenvalue weighted by atomic mass is 10.0. The maximum atomic E-state index is 3.72. The van der Waals surface area contributed by atoms with Crippen molar-refractivity contribution in [3.05, 3.63) is 30.3 Å². The van der Waals surface area contributed by atoms with Crippen LogP contribution in [0.25, 0.3) is 0 Å². The van der Waals surface area contributed by atoms with Gasteiger partial charge in [-0.1, -0.05) is 48.0 Å². The maximum absolute atomic E-state index is 3.72. The smallest absolute Gasteiger partial charge is 0.0169 e. The van der Waals surface area contributed by atoms with Gasteiger partial charge in [-0.15, -0.1) is 11.8 Å². The summed E-state index contributed by atoms with van der Waals surface area (Å²) >= 11 is 5.68. The van der Waals surface area contributed by atoms with Crippen LogP contribution in [0.5, 0.6) is 0 Å². The highest BCUT2D eigenvalue weighted by Crippen LogP contribution is 2.24. The first-order valence-corrected chi connectivity index (χ1v) is 7.46. The Kier molecular flexibility index (Phi) is 6.42. The topological polar surface area (TPSA) is 0 Å². The third-order valence-electron chi connectivity index (χ3n) is 2.59. The molecule has 1 aromatic rings. The zero-order valence-electron chi connectivity index (χ0n) is 9.45. The first kappa shape index (κ1) is 13.1. The lowest BCUT2D eigenvalue weighted by Gasteiger charge is -2.15. The van der Waals surface area contributed by atoms with Gasteiger partial charge in [0.1, 0.15) is 0 Å². The normalized spacial score (nSPS) is 14.9. The van der Waals surface area contributed by atoms with E-state index in [0.29, 0.717) is 4.83 Å². The standard InChI is InChI=1S/C13H19BrS/c1-3-13(14)11(2)9-10-15-12-7-5-4-6-8-12/h4-8,11,13H,3,9-10H2,1-2H3. The van der Waals surface area contributed by atoms with Crippen LogP contribution >= 0.6 is 27.7 Å². The van der Waals surface area contributed by atoms with Crippen LogP contribution in [0.4, 0.5) is 0 Å². The highest BCUT2D eigenvalue weighted by atomic mass is 79.9. The molecular weight excluding hydrogens is 268 g/mol. The molecule has 1 rings (SSSR count). The van der Waals surface area contributed by atoms with E-state index < -0.39 is 0 Å². The van der Waals surface area contributed by atoms with E-state index in [1.807, 2.05) is 11.8 Å². The summed E-state index contributed by atoms with van der Waals surface area (Å²) < 4.78 is 0. The van der Waals surface area contributed by atoms with Gasteiger partial charge in [0.05, 0.1) is 0 Å². The fourth-order valence-corrected chi connectivity index (χ4v) is 2.80. The molecule has 0 heterocycles. The number of hydrogen-bond donors (Lipinski definition) is 0. The molecule has 0 fully saturated rings. The van der Waals surface area contributed by atoms with Crippen LogP contribution in [0.3, 0.4) is 0 Å². The Morgan fingerprint density at radius 2 is 1.93 bits per heavy atom. The second-order valence-corrected chi connectivity index (χ2v) is 6.20. The molecule has 0 bridgehead atoms. The van der Waals surface area contributed by atoms with Gasteiger partial charge in [0.25, 0.3) is 0 Å². The van der Waals surface area contributed by atoms with Gasteiger partial charge >= 0.3 is 0 Å². The highest BCUT2D eigenvalue weighted by molar-refractivity contribution is 9.09. The van der Waals surface area contributed by atoms with E-state index in [9.17, 15) is 0 Å². The molecule has 0 aliphatic heterocycles. The van der Waals surface area contributed by atoms with E-state index in [0.717, 1.165) is 5.92 Å². The molecule has 0 N–H and O–H groups in total. The van der Waals surface area contributed by atoms with Crippen LogP contribution in [-0.4, -0.2) is 10.6 Å². The molecule has 0 nitrogen and oxygen atoms in total. The van der Waals surface area contributed by atoms with Crippen LogP contribution < -0.4 is 0 Å². The van der Waals surface area contributed by atoms with Crippen LogP contribution in [0.1, 0.15) is 26.7 Å². The molecule has 0 amide bonds. The zero-order chi connectivity index (χ0) is 11.1. The fourth-order valence-electron chi connectivity index (χ4n) is 1.46. The van der Waals surface area contributed by atoms with Crippen molar-refractivity contribution < 1.29 is 0 Å². The molecule has 2 unspecified atom stereocenters. The van der Waals surface area contributed by atoms with E-state index >= 15 is 0 Å². The number of halogens is 1. The molecule has 0 saturated carbocycles. The summed E-state index contributed by atoms with van der Waals surface area (Å²) in [7, 11) is 0. The second kappa shape index (κ2) is 7.34. The molecule has 84 valence electrons. The number of rotatable bonds is 6. The van der Waals surface area contributed by atoms with Gasteiger partial charge in [0, 0.05) is 9.72 Å². The molecular formula is C13H19BrS. The van der Waals surface area contributed by atoms with Crippen molar-refractivity contribution in [1.82, 2.24) is 0 Å². The minimum atomic E-state index is 0.675. The van der Waals surface area contributed by atoms with E-state index in [4.69, 9.17) is 0 Å². The van der Waals surface area contributed by atoms with E-state index in [2.05, 4.69) is 60.1 Å². The average molecular weight is 287 g/mol. The van der Waals surface area contributed by atoms with Gasteiger partial charge in [-0.25, -0.2) is 0 Å². The quantitative estimate of drug-likeness (QED) is 0.525. The Balaban J connectivity index is 2.22. The van der Waals surface area contributed by atoms with Crippen LogP contribution in [0, 0.1) is 5.92 Å². The summed E-state index contributed by atoms with van der Waals surface area (Å²) in [6.07, 6.45) is 2.50. The largest absolute Gasteiger partial charge is 0.126 e. The Labute approximate surface area is 106 Å². The Morgan fingerprint density at radius 1 is 1.27 bits per heavy atom. The van der Waals surface area contributed by atoms with Gasteiger partial charge < -0.3 is 0 Å². The summed E-state index contributed by atoms with van der Waals surface area (Å²) in [5.74, 6) is 1.99. The summed E-state index contributed by atoms with van der Waals surface area (Å²) in [6.45, 7) is 4.56. The third-order valence-corrected chi connectivity index (χ3v) is 5.19. The Hall–Kier alpha value is 0.0500. The van der Waals surface area contributed by atoms with Crippen LogP contribution in [-0.2, 0) is 0 Å². The predicted octanol–water partition coefficient (Wildman–Crippen LogP) is 4.98. The van der Waals surface area contributed by atoms with Crippen molar-refractivity contribution in [3.63, 3.8) is 0 Å². The Bertz CT molecular complexity index is 260. The molecule has 0 aliphatic rings. The number of alkyl halides is 1. The summed E-state index contributed by atoms with van der Waals surface area (Å²) in [5, 5.41) is 0. The lowest BCUT2D eigenvalue weighted by molar-refractivity contribution is 0.535. The number of hydrogen-bond acceptors (Lipinski definition) is 1. The van der Waals surface area contributed by atoms with E-state index in [1.165, 1.54) is 23.5 Å². The van der Waals surface area contributed by atoms with Crippen molar-refractivity contribution in [1.29, 1.82) is 0 Å². The zero-order valence-corrected chi connectivity index (χ0v) is 11.9. The molecule has 0 aromatic heterocycles. The van der Waals surface area contributed by atoms with Crippen molar-refractivity contribution in [2.24, 2.45) is 5.92 Å². The maximum Gasteiger partial charge on any atom is 0.0169 e. The SMILES string of the molecule is CCC(Br)C(C)CCSc1ccccc1. The van der Waals surface area contributed by atoms with Gasteiger partial charge in [-0.2, -0.15) is 0 Å². The monoisotopic (exact) mass is 286 g/mol. The molecule has 15 heavy (non-hydrogen) atoms. The van der Waals surface area contributed by atoms with E-state index in [-0.39, 0.29) is 0 Å². The number of thioether (sulfide) groups is 1. The predicted molar refractivity (Wildman–Crippen MR) is 74.0 cm³/mol. The summed E-state index contributed by atoms with van der Waals surface area (Å²) in [5.41, 5.74) is 0. The van der Waals surface area contributed by atoms with Crippen LogP contribution in [0.2, 0.25) is 0 Å². The third kappa shape index (κ3) is 5.07. The summed E-state index contributed by atoms with van der Waals surface area (Å²) in [4.78, 5) is 2.06. The average Bonchev–Trinajstić information content (AvgIpc) is 2.29. The highest BCUT2D eigenvalue weighted by Gasteiger charge is 2.11. The molecule has 0 radical (unpaired) electrons. The Morgan fingerprint density at radius 3 is 2.53 bits per heavy atom. The molecule has 0 saturated heterocycles. The molecule has 2 heteroatoms. The minimum Gasteiger partial charge on any atom is -0.126 e. The van der Waals surface area contributed by atoms with Crippen molar-refractivity contribution in [3.8, 4) is 0 Å². The molecule has 2 atom stereocenters. The first-order valence-electron chi connectivity index (χ1n) is 5.56. The second-order valence-electron chi connectivity index (χ2n) is 3.85. The van der Waals surface area contributed by atoms with Crippen LogP contribution in [0.15, 0.2) is 35.2 Å². The van der Waals surface area contributed by atoms with Crippen molar-refractivity contribution >= 4 is 27.7 Å². The fraction of sp³-hybridized carbons (Fsp3) is 0.538. The number of benzene rings is 1. The molecule has 1 aromatic carbocycles. The summed E-state index contributed by atoms with van der Waals surface area (Å²) in [6, 6.07) is 10.6. The minimum absolute atomic E-state index is 0.675.